The van der Waals surface area contributed by atoms with Crippen LogP contribution in [0.25, 0.3) is 0 Å². The molecule has 5 heteroatoms. The highest BCUT2D eigenvalue weighted by molar-refractivity contribution is 6.32. The number of nitrogens with zero attached hydrogens (tertiary/aromatic N) is 2. The van der Waals surface area contributed by atoms with Gasteiger partial charge in [-0.15, -0.1) is 0 Å². The topological polar surface area (TPSA) is 63.8 Å². The Morgan fingerprint density at radius 1 is 1.50 bits per heavy atom. The lowest BCUT2D eigenvalue weighted by Crippen LogP contribution is -2.14. The van der Waals surface area contributed by atoms with Gasteiger partial charge in [-0.1, -0.05) is 24.9 Å². The molecule has 1 aromatic rings. The van der Waals surface area contributed by atoms with Crippen molar-refractivity contribution in [1.82, 2.24) is 9.97 Å². The van der Waals surface area contributed by atoms with Crippen molar-refractivity contribution in [2.45, 2.75) is 26.2 Å². The van der Waals surface area contributed by atoms with E-state index in [2.05, 4.69) is 22.2 Å². The smallest absolute Gasteiger partial charge is 0.157 e. The molecule has 0 spiro atoms. The molecule has 0 aromatic carbocycles. The second-order valence-corrected chi connectivity index (χ2v) is 4.95. The van der Waals surface area contributed by atoms with Crippen LogP contribution in [0.15, 0.2) is 6.33 Å². The van der Waals surface area contributed by atoms with Gasteiger partial charge >= 0.3 is 0 Å². The highest BCUT2D eigenvalue weighted by Gasteiger charge is 2.21. The first-order chi connectivity index (χ1) is 7.66. The minimum atomic E-state index is 0.317. The van der Waals surface area contributed by atoms with Gasteiger partial charge in [0, 0.05) is 6.54 Å². The Balaban J connectivity index is 1.92. The van der Waals surface area contributed by atoms with Gasteiger partial charge in [0.25, 0.3) is 0 Å². The predicted molar refractivity (Wildman–Crippen MR) is 66.4 cm³/mol. The lowest BCUT2D eigenvalue weighted by molar-refractivity contribution is 0.536. The second-order valence-electron chi connectivity index (χ2n) is 4.59. The van der Waals surface area contributed by atoms with Crippen molar-refractivity contribution in [2.75, 3.05) is 17.6 Å². The van der Waals surface area contributed by atoms with Crippen molar-refractivity contribution >= 4 is 23.1 Å². The molecule has 1 aliphatic rings. The summed E-state index contributed by atoms with van der Waals surface area (Å²) in [5.41, 5.74) is 6.22. The molecule has 0 amide bonds. The Bertz CT molecular complexity index is 369. The third-order valence-electron chi connectivity index (χ3n) is 3.20. The van der Waals surface area contributed by atoms with Gasteiger partial charge in [0.15, 0.2) is 11.0 Å². The Morgan fingerprint density at radius 2 is 2.31 bits per heavy atom. The molecular formula is C11H17ClN4. The minimum absolute atomic E-state index is 0.317. The van der Waals surface area contributed by atoms with E-state index in [9.17, 15) is 0 Å². The van der Waals surface area contributed by atoms with E-state index in [0.29, 0.717) is 16.7 Å². The van der Waals surface area contributed by atoms with Gasteiger partial charge < -0.3 is 11.1 Å². The molecule has 1 heterocycles. The van der Waals surface area contributed by atoms with Crippen LogP contribution < -0.4 is 11.1 Å². The van der Waals surface area contributed by atoms with Crippen molar-refractivity contribution in [3.8, 4) is 0 Å². The Morgan fingerprint density at radius 3 is 3.00 bits per heavy atom. The molecule has 16 heavy (non-hydrogen) atoms. The first-order valence-corrected chi connectivity index (χ1v) is 6.04. The molecule has 0 saturated heterocycles. The summed E-state index contributed by atoms with van der Waals surface area (Å²) in [5, 5.41) is 3.57. The highest BCUT2D eigenvalue weighted by atomic mass is 35.5. The molecular weight excluding hydrogens is 224 g/mol. The predicted octanol–water partition coefficient (Wildman–Crippen LogP) is 2.56. The van der Waals surface area contributed by atoms with Crippen LogP contribution in [0.2, 0.25) is 5.15 Å². The fraction of sp³-hybridized carbons (Fsp3) is 0.636. The van der Waals surface area contributed by atoms with Crippen molar-refractivity contribution in [2.24, 2.45) is 11.8 Å². The highest BCUT2D eigenvalue weighted by Crippen LogP contribution is 2.31. The SMILES string of the molecule is CC1CCC(CNc2ncnc(Cl)c2N)C1. The maximum Gasteiger partial charge on any atom is 0.157 e. The minimum Gasteiger partial charge on any atom is -0.393 e. The van der Waals surface area contributed by atoms with Crippen molar-refractivity contribution in [3.05, 3.63) is 11.5 Å². The van der Waals surface area contributed by atoms with Crippen LogP contribution in [0.5, 0.6) is 0 Å². The zero-order valence-electron chi connectivity index (χ0n) is 9.41. The van der Waals surface area contributed by atoms with Crippen LogP contribution in [-0.2, 0) is 0 Å². The van der Waals surface area contributed by atoms with E-state index < -0.39 is 0 Å². The summed E-state index contributed by atoms with van der Waals surface area (Å²) >= 11 is 5.82. The van der Waals surface area contributed by atoms with Gasteiger partial charge in [-0.05, 0) is 24.7 Å². The fourth-order valence-electron chi connectivity index (χ4n) is 2.27. The average molecular weight is 241 g/mol. The number of hydrogen-bond acceptors (Lipinski definition) is 4. The standard InChI is InChI=1S/C11H17ClN4/c1-7-2-3-8(4-7)5-14-11-9(13)10(12)15-6-16-11/h6-8H,2-5,13H2,1H3,(H,14,15,16). The van der Waals surface area contributed by atoms with Crippen LogP contribution in [0.1, 0.15) is 26.2 Å². The van der Waals surface area contributed by atoms with Gasteiger partial charge in [-0.3, -0.25) is 0 Å². The van der Waals surface area contributed by atoms with E-state index in [1.165, 1.54) is 25.6 Å². The largest absolute Gasteiger partial charge is 0.393 e. The number of rotatable bonds is 3. The normalized spacial score (nSPS) is 24.6. The summed E-state index contributed by atoms with van der Waals surface area (Å²) in [6, 6.07) is 0. The number of nitrogens with two attached hydrogens (primary N) is 1. The number of nitrogens with one attached hydrogen (secondary N) is 1. The van der Waals surface area contributed by atoms with E-state index in [1.54, 1.807) is 0 Å². The van der Waals surface area contributed by atoms with Crippen molar-refractivity contribution < 1.29 is 0 Å². The first kappa shape index (κ1) is 11.5. The van der Waals surface area contributed by atoms with Crippen molar-refractivity contribution in [3.63, 3.8) is 0 Å². The maximum atomic E-state index is 5.82. The molecule has 2 atom stereocenters. The first-order valence-electron chi connectivity index (χ1n) is 5.66. The summed E-state index contributed by atoms with van der Waals surface area (Å²) in [6.45, 7) is 3.22. The fourth-order valence-corrected chi connectivity index (χ4v) is 2.40. The van der Waals surface area contributed by atoms with E-state index in [4.69, 9.17) is 17.3 Å². The zero-order valence-corrected chi connectivity index (χ0v) is 10.2. The number of aromatic nitrogens is 2. The second kappa shape index (κ2) is 4.87. The lowest BCUT2D eigenvalue weighted by Gasteiger charge is -2.13. The molecule has 0 aliphatic heterocycles. The summed E-state index contributed by atoms with van der Waals surface area (Å²) < 4.78 is 0. The molecule has 1 aromatic heterocycles. The molecule has 3 N–H and O–H groups in total. The van der Waals surface area contributed by atoms with Crippen LogP contribution in [0.4, 0.5) is 11.5 Å². The molecule has 1 fully saturated rings. The molecule has 1 aliphatic carbocycles. The molecule has 0 radical (unpaired) electrons. The Hall–Kier alpha value is -1.03. The van der Waals surface area contributed by atoms with Gasteiger partial charge in [0.1, 0.15) is 12.0 Å². The van der Waals surface area contributed by atoms with Gasteiger partial charge in [0.2, 0.25) is 0 Å². The van der Waals surface area contributed by atoms with E-state index in [-0.39, 0.29) is 0 Å². The maximum absolute atomic E-state index is 5.82. The average Bonchev–Trinajstić information content (AvgIpc) is 2.67. The van der Waals surface area contributed by atoms with E-state index in [0.717, 1.165) is 18.4 Å². The molecule has 2 unspecified atom stereocenters. The van der Waals surface area contributed by atoms with E-state index >= 15 is 0 Å². The zero-order chi connectivity index (χ0) is 11.5. The Labute approximate surface area is 101 Å². The van der Waals surface area contributed by atoms with Gasteiger partial charge in [-0.2, -0.15) is 0 Å². The molecule has 2 rings (SSSR count). The van der Waals surface area contributed by atoms with Crippen molar-refractivity contribution in [1.29, 1.82) is 0 Å². The summed E-state index contributed by atoms with van der Waals surface area (Å²) in [4.78, 5) is 7.91. The number of hydrogen-bond donors (Lipinski definition) is 2. The summed E-state index contributed by atoms with van der Waals surface area (Å²) in [5.74, 6) is 2.22. The quantitative estimate of drug-likeness (QED) is 0.797. The third-order valence-corrected chi connectivity index (χ3v) is 3.50. The van der Waals surface area contributed by atoms with E-state index in [1.807, 2.05) is 0 Å². The summed E-state index contributed by atoms with van der Waals surface area (Å²) in [6.07, 6.45) is 5.32. The number of nitrogen functional groups attached to an aromatic ring is 1. The molecule has 88 valence electrons. The van der Waals surface area contributed by atoms with Gasteiger partial charge in [0.05, 0.1) is 0 Å². The van der Waals surface area contributed by atoms with Crippen LogP contribution in [-0.4, -0.2) is 16.5 Å². The number of halogens is 1. The van der Waals surface area contributed by atoms with Crippen LogP contribution in [0, 0.1) is 11.8 Å². The van der Waals surface area contributed by atoms with Crippen LogP contribution in [0.3, 0.4) is 0 Å². The Kier molecular flexibility index (Phi) is 3.49. The lowest BCUT2D eigenvalue weighted by atomic mass is 10.1. The third kappa shape index (κ3) is 2.55. The van der Waals surface area contributed by atoms with Crippen LogP contribution >= 0.6 is 11.6 Å². The number of anilines is 2. The monoisotopic (exact) mass is 240 g/mol. The summed E-state index contributed by atoms with van der Waals surface area (Å²) in [7, 11) is 0. The molecule has 0 bridgehead atoms. The van der Waals surface area contributed by atoms with Gasteiger partial charge in [-0.25, -0.2) is 9.97 Å². The molecule has 1 saturated carbocycles. The molecule has 4 nitrogen and oxygen atoms in total.